The van der Waals surface area contributed by atoms with Crippen LogP contribution in [0.25, 0.3) is 10.9 Å². The molecule has 4 heterocycles. The molecular weight excluding hydrogens is 374 g/mol. The molecule has 6 heteroatoms. The van der Waals surface area contributed by atoms with Gasteiger partial charge >= 0.3 is 0 Å². The largest absolute Gasteiger partial charge is 0.349 e. The first-order valence-corrected chi connectivity index (χ1v) is 10.2. The van der Waals surface area contributed by atoms with Gasteiger partial charge in [-0.15, -0.1) is 0 Å². The Balaban J connectivity index is 1.31. The zero-order valence-electron chi connectivity index (χ0n) is 16.6. The number of hydrogen-bond donors (Lipinski definition) is 1. The lowest BCUT2D eigenvalue weighted by molar-refractivity contribution is 0.0894. The Morgan fingerprint density at radius 2 is 2.00 bits per heavy atom. The molecule has 6 nitrogen and oxygen atoms in total. The number of pyridine rings is 2. The fraction of sp³-hybridized carbons (Fsp3) is 0.208. The summed E-state index contributed by atoms with van der Waals surface area (Å²) in [7, 11) is 0. The molecular formula is C24H23N5O. The standard InChI is InChI=1S/C24H23N5O/c30-24(23-10-9-19-6-1-2-8-22(19)27-23)26-14-21-17-28-12-4-7-20(28)16-29(21)15-18-5-3-11-25-13-18/h1-13,21H,14-17H2,(H,26,30). The third-order valence-electron chi connectivity index (χ3n) is 5.65. The maximum absolute atomic E-state index is 12.8. The van der Waals surface area contributed by atoms with Crippen LogP contribution in [0, 0.1) is 0 Å². The number of para-hydroxylation sites is 1. The van der Waals surface area contributed by atoms with Crippen LogP contribution in [0.2, 0.25) is 0 Å². The second kappa shape index (κ2) is 8.08. The van der Waals surface area contributed by atoms with Gasteiger partial charge in [-0.25, -0.2) is 4.98 Å². The van der Waals surface area contributed by atoms with E-state index >= 15 is 0 Å². The Morgan fingerprint density at radius 3 is 2.90 bits per heavy atom. The minimum Gasteiger partial charge on any atom is -0.349 e. The van der Waals surface area contributed by atoms with Crippen molar-refractivity contribution >= 4 is 16.8 Å². The number of amides is 1. The summed E-state index contributed by atoms with van der Waals surface area (Å²) in [5.41, 5.74) is 3.74. The molecule has 0 saturated carbocycles. The molecule has 4 aromatic rings. The average molecular weight is 397 g/mol. The van der Waals surface area contributed by atoms with Crippen LogP contribution in [0.5, 0.6) is 0 Å². The number of nitrogens with zero attached hydrogens (tertiary/aromatic N) is 4. The van der Waals surface area contributed by atoms with Crippen LogP contribution < -0.4 is 5.32 Å². The van der Waals surface area contributed by atoms with Crippen molar-refractivity contribution in [3.05, 3.63) is 96.2 Å². The van der Waals surface area contributed by atoms with E-state index in [1.54, 1.807) is 12.3 Å². The van der Waals surface area contributed by atoms with Crippen LogP contribution in [0.1, 0.15) is 21.7 Å². The highest BCUT2D eigenvalue weighted by Gasteiger charge is 2.26. The van der Waals surface area contributed by atoms with Crippen molar-refractivity contribution in [3.63, 3.8) is 0 Å². The van der Waals surface area contributed by atoms with Crippen molar-refractivity contribution in [3.8, 4) is 0 Å². The molecule has 0 spiro atoms. The van der Waals surface area contributed by atoms with Gasteiger partial charge in [0.1, 0.15) is 5.69 Å². The molecule has 1 amide bonds. The highest BCUT2D eigenvalue weighted by atomic mass is 16.1. The van der Waals surface area contributed by atoms with E-state index in [1.807, 2.05) is 42.6 Å². The van der Waals surface area contributed by atoms with Crippen LogP contribution in [0.4, 0.5) is 0 Å². The van der Waals surface area contributed by atoms with E-state index in [1.165, 1.54) is 11.3 Å². The molecule has 0 bridgehead atoms. The molecule has 0 aliphatic carbocycles. The van der Waals surface area contributed by atoms with Gasteiger partial charge in [0.2, 0.25) is 0 Å². The Bertz CT molecular complexity index is 1170. The quantitative estimate of drug-likeness (QED) is 0.562. The van der Waals surface area contributed by atoms with E-state index in [0.717, 1.165) is 30.5 Å². The van der Waals surface area contributed by atoms with E-state index in [0.29, 0.717) is 12.2 Å². The molecule has 1 unspecified atom stereocenters. The molecule has 1 atom stereocenters. The van der Waals surface area contributed by atoms with E-state index in [9.17, 15) is 4.79 Å². The molecule has 1 N–H and O–H groups in total. The number of benzene rings is 1. The van der Waals surface area contributed by atoms with Gasteiger partial charge < -0.3 is 9.88 Å². The normalized spacial score (nSPS) is 16.3. The Labute approximate surface area is 175 Å². The van der Waals surface area contributed by atoms with Crippen molar-refractivity contribution in [2.75, 3.05) is 6.54 Å². The summed E-state index contributed by atoms with van der Waals surface area (Å²) in [5, 5.41) is 4.13. The zero-order valence-corrected chi connectivity index (χ0v) is 16.6. The number of carbonyl (C=O) groups excluding carboxylic acids is 1. The molecule has 5 rings (SSSR count). The minimum atomic E-state index is -0.139. The monoisotopic (exact) mass is 397 g/mol. The zero-order chi connectivity index (χ0) is 20.3. The molecule has 0 radical (unpaired) electrons. The van der Waals surface area contributed by atoms with Gasteiger partial charge in [0.15, 0.2) is 0 Å². The molecule has 150 valence electrons. The number of hydrogen-bond acceptors (Lipinski definition) is 4. The summed E-state index contributed by atoms with van der Waals surface area (Å²) in [6.45, 7) is 3.05. The topological polar surface area (TPSA) is 63.1 Å². The van der Waals surface area contributed by atoms with Crippen molar-refractivity contribution in [2.24, 2.45) is 0 Å². The van der Waals surface area contributed by atoms with Crippen molar-refractivity contribution < 1.29 is 4.79 Å². The lowest BCUT2D eigenvalue weighted by atomic mass is 10.1. The van der Waals surface area contributed by atoms with Crippen LogP contribution >= 0.6 is 0 Å². The second-order valence-electron chi connectivity index (χ2n) is 7.67. The minimum absolute atomic E-state index is 0.139. The summed E-state index contributed by atoms with van der Waals surface area (Å²) in [5.74, 6) is -0.139. The fourth-order valence-corrected chi connectivity index (χ4v) is 4.05. The predicted molar refractivity (Wildman–Crippen MR) is 116 cm³/mol. The summed E-state index contributed by atoms with van der Waals surface area (Å²) in [6.07, 6.45) is 5.80. The van der Waals surface area contributed by atoms with Crippen molar-refractivity contribution in [1.29, 1.82) is 0 Å². The molecule has 30 heavy (non-hydrogen) atoms. The first-order chi connectivity index (χ1) is 14.8. The lowest BCUT2D eigenvalue weighted by Gasteiger charge is -2.37. The third-order valence-corrected chi connectivity index (χ3v) is 5.65. The van der Waals surface area contributed by atoms with Gasteiger partial charge in [-0.1, -0.05) is 30.3 Å². The van der Waals surface area contributed by atoms with Gasteiger partial charge in [0, 0.05) is 61.9 Å². The summed E-state index contributed by atoms with van der Waals surface area (Å²) >= 11 is 0. The number of rotatable bonds is 5. The van der Waals surface area contributed by atoms with Gasteiger partial charge in [0.25, 0.3) is 5.91 Å². The van der Waals surface area contributed by atoms with Crippen LogP contribution in [-0.4, -0.2) is 37.9 Å². The lowest BCUT2D eigenvalue weighted by Crippen LogP contribution is -2.48. The summed E-state index contributed by atoms with van der Waals surface area (Å²) in [6, 6.07) is 20.0. The molecule has 0 fully saturated rings. The average Bonchev–Trinajstić information content (AvgIpc) is 3.25. The van der Waals surface area contributed by atoms with Gasteiger partial charge in [0.05, 0.1) is 5.52 Å². The Morgan fingerprint density at radius 1 is 1.07 bits per heavy atom. The maximum Gasteiger partial charge on any atom is 0.269 e. The first-order valence-electron chi connectivity index (χ1n) is 10.2. The van der Waals surface area contributed by atoms with E-state index in [-0.39, 0.29) is 11.9 Å². The second-order valence-corrected chi connectivity index (χ2v) is 7.67. The number of nitrogens with one attached hydrogen (secondary N) is 1. The van der Waals surface area contributed by atoms with Gasteiger partial charge in [-0.3, -0.25) is 14.7 Å². The predicted octanol–water partition coefficient (Wildman–Crippen LogP) is 3.25. The molecule has 1 aliphatic rings. The van der Waals surface area contributed by atoms with Crippen LogP contribution in [0.3, 0.4) is 0 Å². The Hall–Kier alpha value is -3.51. The van der Waals surface area contributed by atoms with Crippen molar-refractivity contribution in [1.82, 2.24) is 24.8 Å². The van der Waals surface area contributed by atoms with Crippen molar-refractivity contribution in [2.45, 2.75) is 25.7 Å². The molecule has 1 aromatic carbocycles. The van der Waals surface area contributed by atoms with E-state index < -0.39 is 0 Å². The van der Waals surface area contributed by atoms with E-state index in [2.05, 4.69) is 49.1 Å². The SMILES string of the molecule is O=C(NCC1Cn2cccc2CN1Cc1cccnc1)c1ccc2ccccc2n1. The summed E-state index contributed by atoms with van der Waals surface area (Å²) < 4.78 is 2.27. The molecule has 3 aromatic heterocycles. The molecule has 0 saturated heterocycles. The number of fused-ring (bicyclic) bond motifs is 2. The maximum atomic E-state index is 12.8. The number of aromatic nitrogens is 3. The Kier molecular flexibility index (Phi) is 4.99. The van der Waals surface area contributed by atoms with Crippen LogP contribution in [-0.2, 0) is 19.6 Å². The fourth-order valence-electron chi connectivity index (χ4n) is 4.05. The highest BCUT2D eigenvalue weighted by Crippen LogP contribution is 2.20. The number of carbonyl (C=O) groups is 1. The highest BCUT2D eigenvalue weighted by molar-refractivity contribution is 5.94. The van der Waals surface area contributed by atoms with E-state index in [4.69, 9.17) is 0 Å². The molecule has 1 aliphatic heterocycles. The van der Waals surface area contributed by atoms with Crippen LogP contribution in [0.15, 0.2) is 79.3 Å². The smallest absolute Gasteiger partial charge is 0.269 e. The van der Waals surface area contributed by atoms with Gasteiger partial charge in [-0.2, -0.15) is 0 Å². The van der Waals surface area contributed by atoms with Gasteiger partial charge in [-0.05, 0) is 35.9 Å². The first kappa shape index (κ1) is 18.5. The third kappa shape index (κ3) is 3.82. The summed E-state index contributed by atoms with van der Waals surface area (Å²) in [4.78, 5) is 23.9.